The first-order chi connectivity index (χ1) is 6.84. The van der Waals surface area contributed by atoms with Crippen LogP contribution in [0.1, 0.15) is 20.3 Å². The third-order valence-electron chi connectivity index (χ3n) is 2.08. The van der Waals surface area contributed by atoms with Crippen LogP contribution in [0.15, 0.2) is 0 Å². The standard InChI is InChI=1S/C10H17NO3S/c1-5-7-11(8-6-2)10(12)9(3)15(4,13)14/h1,9H,6-8H2,2-4H3. The van der Waals surface area contributed by atoms with E-state index in [9.17, 15) is 13.2 Å². The summed E-state index contributed by atoms with van der Waals surface area (Å²) in [6, 6.07) is 0. The van der Waals surface area contributed by atoms with Gasteiger partial charge in [0, 0.05) is 12.8 Å². The predicted molar refractivity (Wildman–Crippen MR) is 60.0 cm³/mol. The van der Waals surface area contributed by atoms with Gasteiger partial charge in [0.25, 0.3) is 0 Å². The molecular weight excluding hydrogens is 214 g/mol. The van der Waals surface area contributed by atoms with Crippen LogP contribution in [0.3, 0.4) is 0 Å². The van der Waals surface area contributed by atoms with E-state index < -0.39 is 21.0 Å². The van der Waals surface area contributed by atoms with Crippen LogP contribution in [0.4, 0.5) is 0 Å². The summed E-state index contributed by atoms with van der Waals surface area (Å²) < 4.78 is 22.4. The second-order valence-corrected chi connectivity index (χ2v) is 5.80. The lowest BCUT2D eigenvalue weighted by molar-refractivity contribution is -0.129. The van der Waals surface area contributed by atoms with Gasteiger partial charge in [-0.3, -0.25) is 4.79 Å². The smallest absolute Gasteiger partial charge is 0.241 e. The zero-order chi connectivity index (χ0) is 12.1. The van der Waals surface area contributed by atoms with Crippen LogP contribution in [-0.2, 0) is 14.6 Å². The maximum Gasteiger partial charge on any atom is 0.241 e. The van der Waals surface area contributed by atoms with E-state index in [0.29, 0.717) is 6.54 Å². The Hall–Kier alpha value is -1.02. The Labute approximate surface area is 91.6 Å². The molecule has 0 aliphatic rings. The van der Waals surface area contributed by atoms with E-state index in [1.165, 1.54) is 11.8 Å². The number of hydrogen-bond donors (Lipinski definition) is 0. The summed E-state index contributed by atoms with van der Waals surface area (Å²) in [6.07, 6.45) is 6.92. The maximum atomic E-state index is 11.7. The molecule has 0 aromatic heterocycles. The molecule has 86 valence electrons. The molecule has 15 heavy (non-hydrogen) atoms. The molecule has 0 heterocycles. The van der Waals surface area contributed by atoms with Gasteiger partial charge in [-0.05, 0) is 13.3 Å². The van der Waals surface area contributed by atoms with E-state index in [1.54, 1.807) is 0 Å². The van der Waals surface area contributed by atoms with Crippen molar-refractivity contribution >= 4 is 15.7 Å². The number of sulfone groups is 1. The van der Waals surface area contributed by atoms with Crippen molar-refractivity contribution in [2.75, 3.05) is 19.3 Å². The van der Waals surface area contributed by atoms with Gasteiger partial charge < -0.3 is 4.90 Å². The van der Waals surface area contributed by atoms with Gasteiger partial charge >= 0.3 is 0 Å². The van der Waals surface area contributed by atoms with E-state index in [4.69, 9.17) is 6.42 Å². The fourth-order valence-electron chi connectivity index (χ4n) is 1.09. The molecule has 0 aliphatic heterocycles. The van der Waals surface area contributed by atoms with E-state index in [2.05, 4.69) is 5.92 Å². The molecule has 0 saturated heterocycles. The molecule has 0 fully saturated rings. The van der Waals surface area contributed by atoms with E-state index >= 15 is 0 Å². The first kappa shape index (κ1) is 14.0. The van der Waals surface area contributed by atoms with Crippen molar-refractivity contribution in [3.63, 3.8) is 0 Å². The van der Waals surface area contributed by atoms with Crippen LogP contribution in [0.2, 0.25) is 0 Å². The summed E-state index contributed by atoms with van der Waals surface area (Å²) in [5.41, 5.74) is 0. The molecule has 1 unspecified atom stereocenters. The molecule has 0 aromatic carbocycles. The lowest BCUT2D eigenvalue weighted by atomic mass is 10.3. The zero-order valence-corrected chi connectivity index (χ0v) is 10.2. The molecule has 0 spiro atoms. The molecule has 0 rings (SSSR count). The molecule has 5 heteroatoms. The first-order valence-corrected chi connectivity index (χ1v) is 6.71. The van der Waals surface area contributed by atoms with Gasteiger partial charge in [-0.2, -0.15) is 0 Å². The number of amides is 1. The minimum atomic E-state index is -3.34. The van der Waals surface area contributed by atoms with Crippen LogP contribution in [0.25, 0.3) is 0 Å². The summed E-state index contributed by atoms with van der Waals surface area (Å²) in [6.45, 7) is 3.94. The topological polar surface area (TPSA) is 54.5 Å². The maximum absolute atomic E-state index is 11.7. The Kier molecular flexibility index (Phi) is 5.37. The summed E-state index contributed by atoms with van der Waals surface area (Å²) in [4.78, 5) is 13.1. The average Bonchev–Trinajstić information content (AvgIpc) is 2.14. The fraction of sp³-hybridized carbons (Fsp3) is 0.700. The van der Waals surface area contributed by atoms with Gasteiger partial charge in [0.2, 0.25) is 5.91 Å². The Morgan fingerprint density at radius 1 is 1.53 bits per heavy atom. The Morgan fingerprint density at radius 3 is 2.40 bits per heavy atom. The van der Waals surface area contributed by atoms with Gasteiger partial charge in [0.05, 0.1) is 6.54 Å². The molecule has 0 N–H and O–H groups in total. The van der Waals surface area contributed by atoms with Crippen molar-refractivity contribution in [3.8, 4) is 12.3 Å². The minimum Gasteiger partial charge on any atom is -0.330 e. The molecule has 1 amide bonds. The molecule has 0 radical (unpaired) electrons. The Balaban J connectivity index is 4.72. The van der Waals surface area contributed by atoms with E-state index in [1.807, 2.05) is 6.92 Å². The van der Waals surface area contributed by atoms with Crippen LogP contribution in [0.5, 0.6) is 0 Å². The molecule has 0 bridgehead atoms. The van der Waals surface area contributed by atoms with Crippen molar-refractivity contribution in [3.05, 3.63) is 0 Å². The summed E-state index contributed by atoms with van der Waals surface area (Å²) in [5, 5.41) is -1.02. The highest BCUT2D eigenvalue weighted by atomic mass is 32.2. The number of carbonyl (C=O) groups excluding carboxylic acids is 1. The van der Waals surface area contributed by atoms with Gasteiger partial charge in [0.15, 0.2) is 9.84 Å². The average molecular weight is 231 g/mol. The quantitative estimate of drug-likeness (QED) is 0.639. The van der Waals surface area contributed by atoms with Crippen molar-refractivity contribution in [1.82, 2.24) is 4.90 Å². The predicted octanol–water partition coefficient (Wildman–Crippen LogP) is 0.291. The molecule has 4 nitrogen and oxygen atoms in total. The van der Waals surface area contributed by atoms with Gasteiger partial charge in [-0.1, -0.05) is 12.8 Å². The molecule has 1 atom stereocenters. The lowest BCUT2D eigenvalue weighted by Crippen LogP contribution is -2.41. The Bertz CT molecular complexity index is 353. The summed E-state index contributed by atoms with van der Waals surface area (Å²) in [5.74, 6) is 1.93. The number of terminal acetylenes is 1. The van der Waals surface area contributed by atoms with Crippen LogP contribution in [0, 0.1) is 12.3 Å². The first-order valence-electron chi connectivity index (χ1n) is 4.75. The third-order valence-corrected chi connectivity index (χ3v) is 3.56. The molecule has 0 aliphatic carbocycles. The highest BCUT2D eigenvalue weighted by Crippen LogP contribution is 2.04. The number of hydrogen-bond acceptors (Lipinski definition) is 3. The van der Waals surface area contributed by atoms with Crippen molar-refractivity contribution in [2.45, 2.75) is 25.5 Å². The van der Waals surface area contributed by atoms with Crippen LogP contribution in [-0.4, -0.2) is 43.8 Å². The van der Waals surface area contributed by atoms with Crippen LogP contribution < -0.4 is 0 Å². The SMILES string of the molecule is C#CCN(CCC)C(=O)C(C)S(C)(=O)=O. The molecular formula is C10H17NO3S. The second kappa shape index (κ2) is 5.76. The second-order valence-electron chi connectivity index (χ2n) is 3.44. The van der Waals surface area contributed by atoms with Crippen LogP contribution >= 0.6 is 0 Å². The van der Waals surface area contributed by atoms with Gasteiger partial charge in [0.1, 0.15) is 5.25 Å². The van der Waals surface area contributed by atoms with Gasteiger partial charge in [-0.25, -0.2) is 8.42 Å². The number of rotatable bonds is 5. The monoisotopic (exact) mass is 231 g/mol. The van der Waals surface area contributed by atoms with Crippen molar-refractivity contribution in [1.29, 1.82) is 0 Å². The highest BCUT2D eigenvalue weighted by Gasteiger charge is 2.27. The third kappa shape index (κ3) is 4.34. The van der Waals surface area contributed by atoms with Crippen molar-refractivity contribution < 1.29 is 13.2 Å². The van der Waals surface area contributed by atoms with Gasteiger partial charge in [-0.15, -0.1) is 6.42 Å². The highest BCUT2D eigenvalue weighted by molar-refractivity contribution is 7.92. The largest absolute Gasteiger partial charge is 0.330 e. The molecule has 0 aromatic rings. The number of carbonyl (C=O) groups is 1. The Morgan fingerprint density at radius 2 is 2.07 bits per heavy atom. The zero-order valence-electron chi connectivity index (χ0n) is 9.36. The summed E-state index contributed by atoms with van der Waals surface area (Å²) in [7, 11) is -3.34. The minimum absolute atomic E-state index is 0.159. The van der Waals surface area contributed by atoms with Crippen molar-refractivity contribution in [2.24, 2.45) is 0 Å². The summed E-state index contributed by atoms with van der Waals surface area (Å²) >= 11 is 0. The lowest BCUT2D eigenvalue weighted by Gasteiger charge is -2.22. The fourth-order valence-corrected chi connectivity index (χ4v) is 1.60. The number of nitrogens with zero attached hydrogens (tertiary/aromatic N) is 1. The van der Waals surface area contributed by atoms with E-state index in [-0.39, 0.29) is 6.54 Å². The molecule has 0 saturated carbocycles. The normalized spacial score (nSPS) is 12.9. The van der Waals surface area contributed by atoms with E-state index in [0.717, 1.165) is 12.7 Å².